The number of benzene rings is 2. The van der Waals surface area contributed by atoms with Gasteiger partial charge in [-0.25, -0.2) is 4.39 Å². The maximum atomic E-state index is 13.7. The zero-order valence-electron chi connectivity index (χ0n) is 16.2. The highest BCUT2D eigenvalue weighted by Gasteiger charge is 2.36. The van der Waals surface area contributed by atoms with Crippen molar-refractivity contribution >= 4 is 23.2 Å². The summed E-state index contributed by atoms with van der Waals surface area (Å²) in [7, 11) is 0. The van der Waals surface area contributed by atoms with Gasteiger partial charge in [-0.15, -0.1) is 0 Å². The summed E-state index contributed by atoms with van der Waals surface area (Å²) in [5, 5.41) is 13.2. The van der Waals surface area contributed by atoms with Gasteiger partial charge in [-0.2, -0.15) is 17.9 Å². The second-order valence-electron chi connectivity index (χ2n) is 7.29. The summed E-state index contributed by atoms with van der Waals surface area (Å²) in [6.45, 7) is 0. The van der Waals surface area contributed by atoms with Gasteiger partial charge in [0.25, 0.3) is 5.91 Å². The first kappa shape index (κ1) is 21.9. The number of carbonyl (C=O) groups is 1. The monoisotopic (exact) mass is 466 g/mol. The predicted molar refractivity (Wildman–Crippen MR) is 108 cm³/mol. The molecule has 1 amide bonds. The van der Waals surface area contributed by atoms with Gasteiger partial charge >= 0.3 is 6.18 Å². The molecule has 2 aromatic carbocycles. The third-order valence-electron chi connectivity index (χ3n) is 4.86. The summed E-state index contributed by atoms with van der Waals surface area (Å²) in [4.78, 5) is 12.8. The third kappa shape index (κ3) is 4.77. The van der Waals surface area contributed by atoms with E-state index in [1.807, 2.05) is 0 Å². The van der Waals surface area contributed by atoms with E-state index in [1.54, 1.807) is 0 Å². The molecule has 0 unspecified atom stereocenters. The van der Waals surface area contributed by atoms with Crippen LogP contribution in [0.2, 0.25) is 5.02 Å². The van der Waals surface area contributed by atoms with E-state index in [0.29, 0.717) is 16.4 Å². The van der Waals surface area contributed by atoms with E-state index in [1.165, 1.54) is 30.5 Å². The maximum Gasteiger partial charge on any atom is 0.417 e. The number of carbonyl (C=O) groups excluding carboxylic acids is 1. The fraction of sp³-hybridized carbons (Fsp3) is 0.182. The number of ether oxygens (including phenoxy) is 1. The molecule has 5 nitrogen and oxygen atoms in total. The summed E-state index contributed by atoms with van der Waals surface area (Å²) in [6.07, 6.45) is -0.919. The van der Waals surface area contributed by atoms with Gasteiger partial charge in [-0.05, 0) is 55.2 Å². The van der Waals surface area contributed by atoms with Crippen molar-refractivity contribution in [3.8, 4) is 11.5 Å². The number of hydrogen-bond donors (Lipinski definition) is 1. The van der Waals surface area contributed by atoms with Gasteiger partial charge in [0.2, 0.25) is 6.20 Å². The van der Waals surface area contributed by atoms with Gasteiger partial charge in [0.15, 0.2) is 6.20 Å². The molecule has 0 saturated heterocycles. The molecule has 1 aliphatic carbocycles. The van der Waals surface area contributed by atoms with Crippen LogP contribution in [0.25, 0.3) is 0 Å². The Morgan fingerprint density at radius 1 is 1.16 bits per heavy atom. The number of halogens is 5. The van der Waals surface area contributed by atoms with Gasteiger partial charge in [0.05, 0.1) is 16.1 Å². The van der Waals surface area contributed by atoms with Gasteiger partial charge in [-0.3, -0.25) is 4.79 Å². The number of alkyl halides is 3. The summed E-state index contributed by atoms with van der Waals surface area (Å²) < 4.78 is 60.2. The molecule has 10 heteroatoms. The van der Waals surface area contributed by atoms with E-state index < -0.39 is 34.2 Å². The van der Waals surface area contributed by atoms with Crippen LogP contribution in [0.4, 0.5) is 23.2 Å². The van der Waals surface area contributed by atoms with Crippen LogP contribution in [0.1, 0.15) is 40.2 Å². The molecule has 0 bridgehead atoms. The van der Waals surface area contributed by atoms with Crippen LogP contribution in [0.3, 0.4) is 0 Å². The fourth-order valence-corrected chi connectivity index (χ4v) is 3.47. The van der Waals surface area contributed by atoms with Crippen molar-refractivity contribution in [2.75, 3.05) is 5.32 Å². The molecule has 32 heavy (non-hydrogen) atoms. The summed E-state index contributed by atoms with van der Waals surface area (Å²) >= 11 is 5.81. The van der Waals surface area contributed by atoms with Crippen LogP contribution >= 0.6 is 11.6 Å². The zero-order valence-corrected chi connectivity index (χ0v) is 17.0. The van der Waals surface area contributed by atoms with E-state index in [-0.39, 0.29) is 22.9 Å². The van der Waals surface area contributed by atoms with Crippen molar-refractivity contribution in [2.45, 2.75) is 24.9 Å². The summed E-state index contributed by atoms with van der Waals surface area (Å²) in [5.41, 5.74) is -0.835. The minimum absolute atomic E-state index is 0.0317. The molecule has 0 aliphatic heterocycles. The molecule has 1 aromatic heterocycles. The molecule has 1 fully saturated rings. The summed E-state index contributed by atoms with van der Waals surface area (Å²) in [6, 6.07) is 8.01. The molecular weight excluding hydrogens is 452 g/mol. The molecule has 1 saturated carbocycles. The number of amides is 1. The first-order chi connectivity index (χ1) is 15.1. The topological polar surface area (TPSA) is 65.3 Å². The molecule has 1 heterocycles. The summed E-state index contributed by atoms with van der Waals surface area (Å²) in [5.74, 6) is -1.56. The number of nitrogens with zero attached hydrogens (tertiary/aromatic N) is 1. The first-order valence-electron chi connectivity index (χ1n) is 9.50. The van der Waals surface area contributed by atoms with Crippen molar-refractivity contribution in [1.82, 2.24) is 0 Å². The van der Waals surface area contributed by atoms with Crippen LogP contribution in [-0.2, 0) is 6.18 Å². The second-order valence-corrected chi connectivity index (χ2v) is 7.70. The molecule has 0 spiro atoms. The second kappa shape index (κ2) is 8.31. The lowest BCUT2D eigenvalue weighted by atomic mass is 10.1. The van der Waals surface area contributed by atoms with E-state index in [0.717, 1.165) is 31.2 Å². The molecule has 0 atom stereocenters. The molecule has 0 radical (unpaired) electrons. The van der Waals surface area contributed by atoms with E-state index >= 15 is 0 Å². The first-order valence-corrected chi connectivity index (χ1v) is 9.88. The van der Waals surface area contributed by atoms with Gasteiger partial charge < -0.3 is 15.3 Å². The number of hydrogen-bond acceptors (Lipinski definition) is 3. The standard InChI is InChI=1S/C22H15ClF4N2O3/c23-18-9-16(21(30)28-14-2-1-7-29(31)11-14)20(10-17(18)22(25,26)27)32-19-6-5-13(24)8-15(19)12-3-4-12/h1-2,5-12H,3-4H2,(H,28,30). The van der Waals surface area contributed by atoms with Crippen molar-refractivity contribution in [1.29, 1.82) is 0 Å². The Kier molecular flexibility index (Phi) is 5.68. The Morgan fingerprint density at radius 2 is 1.91 bits per heavy atom. The maximum absolute atomic E-state index is 13.7. The number of aromatic nitrogens is 1. The molecule has 4 rings (SSSR count). The highest BCUT2D eigenvalue weighted by molar-refractivity contribution is 6.32. The molecule has 1 N–H and O–H groups in total. The zero-order chi connectivity index (χ0) is 23.0. The van der Waals surface area contributed by atoms with E-state index in [9.17, 15) is 27.6 Å². The number of pyridine rings is 1. The van der Waals surface area contributed by atoms with Crippen molar-refractivity contribution < 1.29 is 31.8 Å². The highest BCUT2D eigenvalue weighted by atomic mass is 35.5. The molecule has 1 aliphatic rings. The lowest BCUT2D eigenvalue weighted by Gasteiger charge is -2.17. The largest absolute Gasteiger partial charge is 0.619 e. The lowest BCUT2D eigenvalue weighted by Crippen LogP contribution is -2.25. The van der Waals surface area contributed by atoms with Crippen LogP contribution in [0.5, 0.6) is 11.5 Å². The quantitative estimate of drug-likeness (QED) is 0.283. The van der Waals surface area contributed by atoms with Gasteiger partial charge in [0, 0.05) is 11.6 Å². The van der Waals surface area contributed by atoms with Crippen LogP contribution in [0, 0.1) is 11.0 Å². The Morgan fingerprint density at radius 3 is 2.56 bits per heavy atom. The Balaban J connectivity index is 1.76. The van der Waals surface area contributed by atoms with Gasteiger partial charge in [-0.1, -0.05) is 11.6 Å². The van der Waals surface area contributed by atoms with Crippen molar-refractivity contribution in [3.63, 3.8) is 0 Å². The molecule has 166 valence electrons. The number of nitrogens with one attached hydrogen (secondary N) is 1. The SMILES string of the molecule is O=C(Nc1ccc[n+]([O-])c1)c1cc(Cl)c(C(F)(F)F)cc1Oc1ccc(F)cc1C1CC1. The van der Waals surface area contributed by atoms with Crippen molar-refractivity contribution in [3.05, 3.63) is 87.6 Å². The minimum atomic E-state index is -4.79. The molecular formula is C22H15ClF4N2O3. The van der Waals surface area contributed by atoms with Crippen molar-refractivity contribution in [2.24, 2.45) is 0 Å². The Hall–Kier alpha value is -3.33. The highest BCUT2D eigenvalue weighted by Crippen LogP contribution is 2.46. The molecule has 3 aromatic rings. The van der Waals surface area contributed by atoms with E-state index in [2.05, 4.69) is 5.32 Å². The number of anilines is 1. The van der Waals surface area contributed by atoms with Crippen LogP contribution in [-0.4, -0.2) is 5.91 Å². The average Bonchev–Trinajstić information content (AvgIpc) is 3.54. The smallest absolute Gasteiger partial charge is 0.417 e. The fourth-order valence-electron chi connectivity index (χ4n) is 3.20. The van der Waals surface area contributed by atoms with E-state index in [4.69, 9.17) is 16.3 Å². The lowest BCUT2D eigenvalue weighted by molar-refractivity contribution is -0.604. The average molecular weight is 467 g/mol. The minimum Gasteiger partial charge on any atom is -0.619 e. The predicted octanol–water partition coefficient (Wildman–Crippen LogP) is 6.05. The van der Waals surface area contributed by atoms with Crippen LogP contribution in [0.15, 0.2) is 54.9 Å². The Bertz CT molecular complexity index is 1200. The third-order valence-corrected chi connectivity index (χ3v) is 5.17. The number of rotatable bonds is 5. The normalized spacial score (nSPS) is 13.7. The Labute approximate surface area is 184 Å². The van der Waals surface area contributed by atoms with Gasteiger partial charge in [0.1, 0.15) is 23.0 Å². The van der Waals surface area contributed by atoms with Crippen LogP contribution < -0.4 is 14.8 Å².